The Bertz CT molecular complexity index is 198. The van der Waals surface area contributed by atoms with Crippen LogP contribution in [-0.2, 0) is 0 Å². The molecule has 80 valence electrons. The van der Waals surface area contributed by atoms with Gasteiger partial charge in [-0.15, -0.1) is 0 Å². The number of unbranched alkanes of at least 4 members (excludes halogenated alkanes) is 2. The zero-order chi connectivity index (χ0) is 10.2. The summed E-state index contributed by atoms with van der Waals surface area (Å²) in [5.41, 5.74) is 1.57. The predicted octanol–water partition coefficient (Wildman–Crippen LogP) is 4.87. The van der Waals surface area contributed by atoms with Gasteiger partial charge in [-0.05, 0) is 31.6 Å². The highest BCUT2D eigenvalue weighted by Crippen LogP contribution is 2.23. The summed E-state index contributed by atoms with van der Waals surface area (Å²) < 4.78 is 0. The second kappa shape index (κ2) is 6.86. The van der Waals surface area contributed by atoms with Crippen molar-refractivity contribution in [1.82, 2.24) is 0 Å². The van der Waals surface area contributed by atoms with Crippen LogP contribution in [0.4, 0.5) is 0 Å². The monoisotopic (exact) mass is 192 g/mol. The van der Waals surface area contributed by atoms with Crippen molar-refractivity contribution in [3.63, 3.8) is 0 Å². The first-order chi connectivity index (χ1) is 6.86. The first-order valence-corrected chi connectivity index (χ1v) is 6.24. The number of allylic oxidation sites excluding steroid dienone is 4. The summed E-state index contributed by atoms with van der Waals surface area (Å²) in [6.45, 7) is 4.54. The molecule has 0 saturated carbocycles. The molecule has 1 aliphatic carbocycles. The lowest BCUT2D eigenvalue weighted by Crippen LogP contribution is -1.99. The molecule has 0 heterocycles. The Labute approximate surface area is 89.1 Å². The molecule has 0 heteroatoms. The van der Waals surface area contributed by atoms with Gasteiger partial charge in [-0.2, -0.15) is 0 Å². The second-order valence-corrected chi connectivity index (χ2v) is 4.38. The molecule has 0 aromatic heterocycles. The first kappa shape index (κ1) is 11.6. The lowest BCUT2D eigenvalue weighted by Gasteiger charge is -2.15. The van der Waals surface area contributed by atoms with E-state index >= 15 is 0 Å². The summed E-state index contributed by atoms with van der Waals surface area (Å²) in [4.78, 5) is 0. The second-order valence-electron chi connectivity index (χ2n) is 4.38. The van der Waals surface area contributed by atoms with Crippen LogP contribution in [0.15, 0.2) is 23.8 Å². The van der Waals surface area contributed by atoms with E-state index in [9.17, 15) is 0 Å². The highest BCUT2D eigenvalue weighted by Gasteiger charge is 2.06. The standard InChI is InChI=1S/C14H24/c1-3-5-6-8-14-11-9-13(7-4-2)10-12-14/h9,11-13H,3-8,10H2,1-2H3. The van der Waals surface area contributed by atoms with Gasteiger partial charge in [0.2, 0.25) is 0 Å². The van der Waals surface area contributed by atoms with E-state index < -0.39 is 0 Å². The minimum Gasteiger partial charge on any atom is -0.0808 e. The van der Waals surface area contributed by atoms with Crippen molar-refractivity contribution in [2.24, 2.45) is 5.92 Å². The van der Waals surface area contributed by atoms with Gasteiger partial charge in [-0.3, -0.25) is 0 Å². The minimum absolute atomic E-state index is 0.829. The van der Waals surface area contributed by atoms with E-state index in [2.05, 4.69) is 32.1 Å². The van der Waals surface area contributed by atoms with Gasteiger partial charge in [0.25, 0.3) is 0 Å². The van der Waals surface area contributed by atoms with Crippen molar-refractivity contribution in [1.29, 1.82) is 0 Å². The fourth-order valence-electron chi connectivity index (χ4n) is 2.06. The summed E-state index contributed by atoms with van der Waals surface area (Å²) in [5, 5.41) is 0. The average Bonchev–Trinajstić information content (AvgIpc) is 2.21. The molecule has 1 rings (SSSR count). The van der Waals surface area contributed by atoms with Crippen molar-refractivity contribution < 1.29 is 0 Å². The fourth-order valence-corrected chi connectivity index (χ4v) is 2.06. The number of hydrogen-bond donors (Lipinski definition) is 0. The van der Waals surface area contributed by atoms with Crippen LogP contribution in [0.25, 0.3) is 0 Å². The summed E-state index contributed by atoms with van der Waals surface area (Å²) in [5.74, 6) is 0.829. The molecule has 1 unspecified atom stereocenters. The molecule has 1 aliphatic rings. The Balaban J connectivity index is 2.21. The number of rotatable bonds is 6. The molecule has 1 atom stereocenters. The van der Waals surface area contributed by atoms with E-state index in [-0.39, 0.29) is 0 Å². The quantitative estimate of drug-likeness (QED) is 0.527. The maximum absolute atomic E-state index is 2.45. The summed E-state index contributed by atoms with van der Waals surface area (Å²) in [6, 6.07) is 0. The normalized spacial score (nSPS) is 21.0. The van der Waals surface area contributed by atoms with Gasteiger partial charge in [0, 0.05) is 0 Å². The first-order valence-electron chi connectivity index (χ1n) is 6.24. The van der Waals surface area contributed by atoms with E-state index in [1.165, 1.54) is 44.9 Å². The highest BCUT2D eigenvalue weighted by molar-refractivity contribution is 5.23. The van der Waals surface area contributed by atoms with Crippen molar-refractivity contribution in [3.05, 3.63) is 23.8 Å². The zero-order valence-corrected chi connectivity index (χ0v) is 9.76. The van der Waals surface area contributed by atoms with Crippen molar-refractivity contribution in [2.45, 2.75) is 58.8 Å². The summed E-state index contributed by atoms with van der Waals surface area (Å²) in [7, 11) is 0. The Kier molecular flexibility index (Phi) is 5.66. The van der Waals surface area contributed by atoms with Crippen LogP contribution < -0.4 is 0 Å². The third kappa shape index (κ3) is 4.13. The number of hydrogen-bond acceptors (Lipinski definition) is 0. The van der Waals surface area contributed by atoms with Crippen molar-refractivity contribution >= 4 is 0 Å². The van der Waals surface area contributed by atoms with E-state index in [0.717, 1.165) is 5.92 Å². The van der Waals surface area contributed by atoms with Crippen LogP contribution >= 0.6 is 0 Å². The lowest BCUT2D eigenvalue weighted by molar-refractivity contribution is 0.578. The molecule has 0 radical (unpaired) electrons. The van der Waals surface area contributed by atoms with Crippen LogP contribution in [0.5, 0.6) is 0 Å². The maximum atomic E-state index is 2.45. The van der Waals surface area contributed by atoms with Crippen molar-refractivity contribution in [3.8, 4) is 0 Å². The third-order valence-corrected chi connectivity index (χ3v) is 2.99. The van der Waals surface area contributed by atoms with Crippen LogP contribution in [0.2, 0.25) is 0 Å². The molecule has 0 aromatic rings. The Hall–Kier alpha value is -0.520. The molecule has 0 spiro atoms. The van der Waals surface area contributed by atoms with E-state index in [4.69, 9.17) is 0 Å². The molecule has 0 aliphatic heterocycles. The molecule has 0 N–H and O–H groups in total. The van der Waals surface area contributed by atoms with E-state index in [1.807, 2.05) is 0 Å². The molecule has 0 nitrogen and oxygen atoms in total. The SMILES string of the molecule is CCCCCC1=CCC(CCC)C=C1. The van der Waals surface area contributed by atoms with Gasteiger partial charge in [-0.25, -0.2) is 0 Å². The maximum Gasteiger partial charge on any atom is -0.0196 e. The lowest BCUT2D eigenvalue weighted by atomic mass is 9.91. The summed E-state index contributed by atoms with van der Waals surface area (Å²) >= 11 is 0. The van der Waals surface area contributed by atoms with Crippen LogP contribution in [0.1, 0.15) is 58.8 Å². The van der Waals surface area contributed by atoms with Gasteiger partial charge < -0.3 is 0 Å². The van der Waals surface area contributed by atoms with E-state index in [0.29, 0.717) is 0 Å². The molecule has 0 amide bonds. The average molecular weight is 192 g/mol. The van der Waals surface area contributed by atoms with Gasteiger partial charge in [0.15, 0.2) is 0 Å². The third-order valence-electron chi connectivity index (χ3n) is 2.99. The predicted molar refractivity (Wildman–Crippen MR) is 64.4 cm³/mol. The molecular formula is C14H24. The van der Waals surface area contributed by atoms with Crippen LogP contribution in [-0.4, -0.2) is 0 Å². The van der Waals surface area contributed by atoms with Gasteiger partial charge in [0.05, 0.1) is 0 Å². The van der Waals surface area contributed by atoms with Gasteiger partial charge in [0.1, 0.15) is 0 Å². The largest absolute Gasteiger partial charge is 0.0808 e. The minimum atomic E-state index is 0.829. The molecule has 0 bridgehead atoms. The van der Waals surface area contributed by atoms with Gasteiger partial charge >= 0.3 is 0 Å². The smallest absolute Gasteiger partial charge is 0.0196 e. The van der Waals surface area contributed by atoms with Gasteiger partial charge in [-0.1, -0.05) is 56.9 Å². The Morgan fingerprint density at radius 1 is 1.21 bits per heavy atom. The summed E-state index contributed by atoms with van der Waals surface area (Å²) in [6.07, 6.45) is 16.6. The Morgan fingerprint density at radius 3 is 2.64 bits per heavy atom. The highest BCUT2D eigenvalue weighted by atomic mass is 14.1. The zero-order valence-electron chi connectivity index (χ0n) is 9.76. The molecule has 0 fully saturated rings. The molecular weight excluding hydrogens is 168 g/mol. The van der Waals surface area contributed by atoms with Crippen LogP contribution in [0, 0.1) is 5.92 Å². The Morgan fingerprint density at radius 2 is 2.07 bits per heavy atom. The van der Waals surface area contributed by atoms with Crippen molar-refractivity contribution in [2.75, 3.05) is 0 Å². The molecule has 14 heavy (non-hydrogen) atoms. The fraction of sp³-hybridized carbons (Fsp3) is 0.714. The molecule has 0 aromatic carbocycles. The molecule has 0 saturated heterocycles. The van der Waals surface area contributed by atoms with E-state index in [1.54, 1.807) is 5.57 Å². The van der Waals surface area contributed by atoms with Crippen LogP contribution in [0.3, 0.4) is 0 Å². The topological polar surface area (TPSA) is 0 Å².